The van der Waals surface area contributed by atoms with Crippen LogP contribution < -0.4 is 30.2 Å². The second-order valence-corrected chi connectivity index (χ2v) is 6.86. The van der Waals surface area contributed by atoms with E-state index in [2.05, 4.69) is 16.0 Å². The summed E-state index contributed by atoms with van der Waals surface area (Å²) in [5.41, 5.74) is 1.81. The number of carbonyl (C=O) groups is 1. The van der Waals surface area contributed by atoms with Crippen LogP contribution in [-0.4, -0.2) is 31.3 Å². The summed E-state index contributed by atoms with van der Waals surface area (Å²) in [6.45, 7) is 4.55. The van der Waals surface area contributed by atoms with Gasteiger partial charge in [-0.2, -0.15) is 0 Å². The molecule has 1 heterocycles. The largest absolute Gasteiger partial charge is 0.497 e. The van der Waals surface area contributed by atoms with Gasteiger partial charge in [0.1, 0.15) is 17.2 Å². The number of nitrogens with one attached hydrogen (secondary N) is 3. The number of hydrogen-bond donors (Lipinski definition) is 3. The number of amides is 1. The van der Waals surface area contributed by atoms with Crippen LogP contribution in [0, 0.1) is 0 Å². The summed E-state index contributed by atoms with van der Waals surface area (Å²) in [6.07, 6.45) is 1.44. The quantitative estimate of drug-likeness (QED) is 0.382. The van der Waals surface area contributed by atoms with Crippen LogP contribution in [0.25, 0.3) is 0 Å². The summed E-state index contributed by atoms with van der Waals surface area (Å²) in [5, 5.41) is 9.40. The molecule has 0 unspecified atom stereocenters. The molecule has 2 aromatic carbocycles. The fourth-order valence-electron chi connectivity index (χ4n) is 2.88. The molecule has 0 aliphatic rings. The summed E-state index contributed by atoms with van der Waals surface area (Å²) in [4.78, 5) is 12.5. The second-order valence-electron chi connectivity index (χ2n) is 6.45. The van der Waals surface area contributed by atoms with Gasteiger partial charge in [0.15, 0.2) is 10.9 Å². The Kier molecular flexibility index (Phi) is 7.93. The van der Waals surface area contributed by atoms with Crippen LogP contribution in [-0.2, 0) is 0 Å². The average molecular weight is 456 g/mol. The van der Waals surface area contributed by atoms with Gasteiger partial charge in [0, 0.05) is 23.9 Å². The molecule has 8 nitrogen and oxygen atoms in total. The summed E-state index contributed by atoms with van der Waals surface area (Å²) in [7, 11) is 1.60. The number of rotatable bonds is 9. The second kappa shape index (κ2) is 11.1. The molecular formula is C23H25N3O5S. The van der Waals surface area contributed by atoms with Crippen molar-refractivity contribution in [1.29, 1.82) is 0 Å². The molecule has 0 fully saturated rings. The molecule has 0 aliphatic carbocycles. The lowest BCUT2D eigenvalue weighted by Crippen LogP contribution is -2.20. The van der Waals surface area contributed by atoms with E-state index >= 15 is 0 Å². The van der Waals surface area contributed by atoms with E-state index in [9.17, 15) is 4.79 Å². The maximum absolute atomic E-state index is 12.5. The lowest BCUT2D eigenvalue weighted by atomic mass is 10.2. The Bertz CT molecular complexity index is 1070. The molecule has 0 saturated carbocycles. The van der Waals surface area contributed by atoms with Crippen molar-refractivity contribution in [3.8, 4) is 17.2 Å². The van der Waals surface area contributed by atoms with Gasteiger partial charge in [-0.15, -0.1) is 0 Å². The summed E-state index contributed by atoms with van der Waals surface area (Å²) >= 11 is 5.46. The first-order valence-corrected chi connectivity index (χ1v) is 10.4. The number of hydrogen-bond acceptors (Lipinski definition) is 6. The van der Waals surface area contributed by atoms with E-state index in [-0.39, 0.29) is 5.76 Å². The number of benzene rings is 2. The lowest BCUT2D eigenvalue weighted by molar-refractivity contribution is 0.0996. The van der Waals surface area contributed by atoms with Crippen LogP contribution in [0.15, 0.2) is 59.2 Å². The Morgan fingerprint density at radius 2 is 1.62 bits per heavy atom. The molecule has 0 saturated heterocycles. The Hall–Kier alpha value is -3.72. The fraction of sp³-hybridized carbons (Fsp3) is 0.217. The lowest BCUT2D eigenvalue weighted by Gasteiger charge is -2.19. The molecule has 0 bridgehead atoms. The molecule has 1 amide bonds. The van der Waals surface area contributed by atoms with Crippen molar-refractivity contribution in [1.82, 2.24) is 0 Å². The van der Waals surface area contributed by atoms with Crippen LogP contribution in [0.5, 0.6) is 17.2 Å². The van der Waals surface area contributed by atoms with Crippen LogP contribution in [0.4, 0.5) is 17.1 Å². The highest BCUT2D eigenvalue weighted by Crippen LogP contribution is 2.37. The van der Waals surface area contributed by atoms with Crippen LogP contribution in [0.1, 0.15) is 24.4 Å². The van der Waals surface area contributed by atoms with Crippen LogP contribution in [0.3, 0.4) is 0 Å². The van der Waals surface area contributed by atoms with E-state index in [1.54, 1.807) is 31.4 Å². The van der Waals surface area contributed by atoms with Crippen molar-refractivity contribution in [2.45, 2.75) is 13.8 Å². The van der Waals surface area contributed by atoms with E-state index in [1.807, 2.05) is 38.1 Å². The molecule has 3 aromatic rings. The SMILES string of the molecule is CCOc1cc(NC(=S)Nc2cccc(OC)c2)c(OCC)cc1NC(=O)c1ccco1. The molecule has 168 valence electrons. The minimum atomic E-state index is -0.394. The summed E-state index contributed by atoms with van der Waals surface area (Å²) in [6, 6.07) is 14.1. The van der Waals surface area contributed by atoms with E-state index in [0.29, 0.717) is 46.9 Å². The molecule has 0 radical (unpaired) electrons. The third-order valence-electron chi connectivity index (χ3n) is 4.25. The van der Waals surface area contributed by atoms with E-state index < -0.39 is 5.91 Å². The van der Waals surface area contributed by atoms with E-state index in [0.717, 1.165) is 5.69 Å². The Labute approximate surface area is 191 Å². The van der Waals surface area contributed by atoms with Crippen molar-refractivity contribution in [3.63, 3.8) is 0 Å². The maximum Gasteiger partial charge on any atom is 0.291 e. The standard InChI is InChI=1S/C23H25N3O5S/c1-4-29-20-14-18(26-23(32)24-15-8-6-9-16(12-15)28-3)21(30-5-2)13-17(20)25-22(27)19-10-7-11-31-19/h6-14H,4-5H2,1-3H3,(H,25,27)(H2,24,26,32). The number of ether oxygens (including phenoxy) is 3. The third kappa shape index (κ3) is 5.92. The number of thiocarbonyl (C=S) groups is 1. The van der Waals surface area contributed by atoms with Crippen LogP contribution in [0.2, 0.25) is 0 Å². The predicted molar refractivity (Wildman–Crippen MR) is 128 cm³/mol. The first-order chi connectivity index (χ1) is 15.5. The zero-order valence-electron chi connectivity index (χ0n) is 18.1. The predicted octanol–water partition coefficient (Wildman–Crippen LogP) is 5.15. The fourth-order valence-corrected chi connectivity index (χ4v) is 3.11. The molecule has 3 N–H and O–H groups in total. The first kappa shape index (κ1) is 23.0. The molecular weight excluding hydrogens is 430 g/mol. The maximum atomic E-state index is 12.5. The highest BCUT2D eigenvalue weighted by molar-refractivity contribution is 7.80. The third-order valence-corrected chi connectivity index (χ3v) is 4.45. The zero-order chi connectivity index (χ0) is 22.9. The van der Waals surface area contributed by atoms with Gasteiger partial charge < -0.3 is 34.6 Å². The Morgan fingerprint density at radius 3 is 2.22 bits per heavy atom. The monoisotopic (exact) mass is 455 g/mol. The highest BCUT2D eigenvalue weighted by Gasteiger charge is 2.17. The number of carbonyl (C=O) groups excluding carboxylic acids is 1. The van der Waals surface area contributed by atoms with Gasteiger partial charge in [0.25, 0.3) is 5.91 Å². The van der Waals surface area contributed by atoms with Gasteiger partial charge in [-0.25, -0.2) is 0 Å². The average Bonchev–Trinajstić information content (AvgIpc) is 3.32. The zero-order valence-corrected chi connectivity index (χ0v) is 18.9. The Balaban J connectivity index is 1.84. The van der Waals surface area contributed by atoms with Gasteiger partial charge in [-0.3, -0.25) is 4.79 Å². The van der Waals surface area contributed by atoms with E-state index in [4.69, 9.17) is 30.8 Å². The molecule has 0 spiro atoms. The van der Waals surface area contributed by atoms with Gasteiger partial charge in [0.05, 0.1) is 38.0 Å². The van der Waals surface area contributed by atoms with Crippen molar-refractivity contribution in [2.24, 2.45) is 0 Å². The normalized spacial score (nSPS) is 10.2. The molecule has 32 heavy (non-hydrogen) atoms. The Morgan fingerprint density at radius 1 is 0.938 bits per heavy atom. The highest BCUT2D eigenvalue weighted by atomic mass is 32.1. The number of furan rings is 1. The van der Waals surface area contributed by atoms with Gasteiger partial charge in [0.2, 0.25) is 0 Å². The minimum Gasteiger partial charge on any atom is -0.497 e. The minimum absolute atomic E-state index is 0.191. The molecule has 9 heteroatoms. The molecule has 1 aromatic heterocycles. The summed E-state index contributed by atoms with van der Waals surface area (Å²) < 4.78 is 21.9. The number of methoxy groups -OCH3 is 1. The molecule has 0 atom stereocenters. The smallest absolute Gasteiger partial charge is 0.291 e. The van der Waals surface area contributed by atoms with Crippen molar-refractivity contribution < 1.29 is 23.4 Å². The van der Waals surface area contributed by atoms with Gasteiger partial charge >= 0.3 is 0 Å². The van der Waals surface area contributed by atoms with E-state index in [1.165, 1.54) is 6.26 Å². The molecule has 3 rings (SSSR count). The van der Waals surface area contributed by atoms with Gasteiger partial charge in [-0.05, 0) is 50.3 Å². The summed E-state index contributed by atoms with van der Waals surface area (Å²) in [5.74, 6) is 1.47. The van der Waals surface area contributed by atoms with Gasteiger partial charge in [-0.1, -0.05) is 6.07 Å². The number of anilines is 3. The van der Waals surface area contributed by atoms with Crippen LogP contribution >= 0.6 is 12.2 Å². The first-order valence-electron chi connectivity index (χ1n) is 10.0. The van der Waals surface area contributed by atoms with Crippen molar-refractivity contribution >= 4 is 40.3 Å². The topological polar surface area (TPSA) is 94.0 Å². The molecule has 0 aliphatic heterocycles. The van der Waals surface area contributed by atoms with Crippen molar-refractivity contribution in [3.05, 3.63) is 60.6 Å². The van der Waals surface area contributed by atoms with Crippen molar-refractivity contribution in [2.75, 3.05) is 36.3 Å².